The van der Waals surface area contributed by atoms with Crippen LogP contribution in [0.4, 0.5) is 24.5 Å². The molecule has 0 heterocycles. The van der Waals surface area contributed by atoms with E-state index in [4.69, 9.17) is 16.7 Å². The normalized spacial score (nSPS) is 12.0. The summed E-state index contributed by atoms with van der Waals surface area (Å²) in [6, 6.07) is 12.2. The molecule has 26 heavy (non-hydrogen) atoms. The van der Waals surface area contributed by atoms with Crippen LogP contribution >= 0.6 is 0 Å². The van der Waals surface area contributed by atoms with Crippen molar-refractivity contribution < 1.29 is 23.0 Å². The molecular weight excluding hydrogens is 351 g/mol. The Balaban J connectivity index is 2.24. The maximum atomic E-state index is 12.3. The van der Waals surface area contributed by atoms with Crippen LogP contribution in [0.15, 0.2) is 53.6 Å². The fourth-order valence-electron chi connectivity index (χ4n) is 2.09. The van der Waals surface area contributed by atoms with E-state index in [0.717, 1.165) is 5.12 Å². The molecule has 0 amide bonds. The van der Waals surface area contributed by atoms with Crippen LogP contribution in [-0.4, -0.2) is 35.6 Å². The number of hydrazone groups is 1. The molecule has 0 aliphatic carbocycles. The molecule has 140 valence electrons. The van der Waals surface area contributed by atoms with Gasteiger partial charge in [-0.05, 0) is 24.3 Å². The first kappa shape index (κ1) is 19.3. The second-order valence-electron chi connectivity index (χ2n) is 5.12. The van der Waals surface area contributed by atoms with Crippen molar-refractivity contribution in [1.82, 2.24) is 5.12 Å². The van der Waals surface area contributed by atoms with E-state index < -0.39 is 6.36 Å². The third-order valence-electron chi connectivity index (χ3n) is 3.11. The summed E-state index contributed by atoms with van der Waals surface area (Å²) in [5.41, 5.74) is 7.29. The standard InChI is InChI=1S/C16H18F3N5O2/c17-16(18,19)26-12-5-3-4-11(10-12)22-14-7-2-1-6-13(14)15(20)23-24(21)8-9-25/h1-7,10,22,25H,8-9,21H2,(H2,20,23). The van der Waals surface area contributed by atoms with Gasteiger partial charge in [0.15, 0.2) is 5.84 Å². The van der Waals surface area contributed by atoms with Crippen molar-refractivity contribution in [3.63, 3.8) is 0 Å². The third-order valence-corrected chi connectivity index (χ3v) is 3.11. The van der Waals surface area contributed by atoms with Crippen LogP contribution in [0.1, 0.15) is 5.56 Å². The first-order valence-corrected chi connectivity index (χ1v) is 7.48. The predicted octanol–water partition coefficient (Wildman–Crippen LogP) is 2.12. The van der Waals surface area contributed by atoms with Crippen molar-refractivity contribution in [1.29, 1.82) is 0 Å². The Morgan fingerprint density at radius 2 is 1.92 bits per heavy atom. The highest BCUT2D eigenvalue weighted by Crippen LogP contribution is 2.27. The molecule has 10 heteroatoms. The van der Waals surface area contributed by atoms with Gasteiger partial charge in [0.25, 0.3) is 0 Å². The van der Waals surface area contributed by atoms with E-state index in [9.17, 15) is 13.2 Å². The van der Waals surface area contributed by atoms with E-state index in [2.05, 4.69) is 15.2 Å². The zero-order chi connectivity index (χ0) is 19.2. The molecule has 7 nitrogen and oxygen atoms in total. The van der Waals surface area contributed by atoms with E-state index in [-0.39, 0.29) is 24.7 Å². The van der Waals surface area contributed by atoms with Gasteiger partial charge in [0, 0.05) is 23.0 Å². The average Bonchev–Trinajstić information content (AvgIpc) is 2.54. The summed E-state index contributed by atoms with van der Waals surface area (Å²) in [5, 5.41) is 16.7. The van der Waals surface area contributed by atoms with Gasteiger partial charge in [-0.25, -0.2) is 11.0 Å². The minimum Gasteiger partial charge on any atom is -0.406 e. The maximum absolute atomic E-state index is 12.3. The lowest BCUT2D eigenvalue weighted by atomic mass is 10.1. The smallest absolute Gasteiger partial charge is 0.406 e. The van der Waals surface area contributed by atoms with Gasteiger partial charge in [-0.15, -0.1) is 18.3 Å². The summed E-state index contributed by atoms with van der Waals surface area (Å²) < 4.78 is 40.9. The van der Waals surface area contributed by atoms with Crippen LogP contribution in [0.3, 0.4) is 0 Å². The van der Waals surface area contributed by atoms with Gasteiger partial charge < -0.3 is 20.9 Å². The summed E-state index contributed by atoms with van der Waals surface area (Å²) in [5.74, 6) is 5.29. The molecule has 2 aromatic carbocycles. The Morgan fingerprint density at radius 1 is 1.19 bits per heavy atom. The molecule has 2 rings (SSSR count). The second-order valence-corrected chi connectivity index (χ2v) is 5.12. The molecule has 0 saturated carbocycles. The van der Waals surface area contributed by atoms with Crippen LogP contribution < -0.4 is 21.6 Å². The van der Waals surface area contributed by atoms with Crippen LogP contribution in [0.5, 0.6) is 5.75 Å². The number of ether oxygens (including phenoxy) is 1. The fraction of sp³-hybridized carbons (Fsp3) is 0.188. The molecule has 0 atom stereocenters. The third kappa shape index (κ3) is 5.83. The van der Waals surface area contributed by atoms with Gasteiger partial charge in [-0.3, -0.25) is 0 Å². The van der Waals surface area contributed by atoms with Gasteiger partial charge >= 0.3 is 6.36 Å². The largest absolute Gasteiger partial charge is 0.573 e. The predicted molar refractivity (Wildman–Crippen MR) is 91.6 cm³/mol. The summed E-state index contributed by atoms with van der Waals surface area (Å²) in [4.78, 5) is 0. The molecule has 0 aromatic heterocycles. The average molecular weight is 369 g/mol. The van der Waals surface area contributed by atoms with Gasteiger partial charge in [-0.1, -0.05) is 18.2 Å². The minimum absolute atomic E-state index is 0.0757. The van der Waals surface area contributed by atoms with Crippen molar-refractivity contribution >= 4 is 17.2 Å². The molecule has 6 N–H and O–H groups in total. The SMILES string of the molecule is N/C(=N\N(N)CCO)c1ccccc1Nc1cccc(OC(F)(F)F)c1. The minimum atomic E-state index is -4.77. The summed E-state index contributed by atoms with van der Waals surface area (Å²) in [7, 11) is 0. The number of alkyl halides is 3. The quantitative estimate of drug-likeness (QED) is 0.258. The Labute approximate surface area is 147 Å². The number of nitrogens with two attached hydrogens (primary N) is 2. The zero-order valence-electron chi connectivity index (χ0n) is 13.6. The highest BCUT2D eigenvalue weighted by molar-refractivity contribution is 6.02. The number of nitrogens with zero attached hydrogens (tertiary/aromatic N) is 2. The molecule has 0 aliphatic rings. The first-order valence-electron chi connectivity index (χ1n) is 7.48. The van der Waals surface area contributed by atoms with Gasteiger partial charge in [-0.2, -0.15) is 0 Å². The molecular formula is C16H18F3N5O2. The molecule has 0 unspecified atom stereocenters. The lowest BCUT2D eigenvalue weighted by Gasteiger charge is -2.15. The van der Waals surface area contributed by atoms with E-state index in [1.807, 2.05) is 0 Å². The summed E-state index contributed by atoms with van der Waals surface area (Å²) in [6.07, 6.45) is -4.77. The Hall–Kier alpha value is -2.98. The van der Waals surface area contributed by atoms with Gasteiger partial charge in [0.05, 0.1) is 13.2 Å². The molecule has 0 bridgehead atoms. The monoisotopic (exact) mass is 369 g/mol. The molecule has 0 radical (unpaired) electrons. The van der Waals surface area contributed by atoms with Crippen molar-refractivity contribution in [3.8, 4) is 5.75 Å². The molecule has 0 aliphatic heterocycles. The van der Waals surface area contributed by atoms with Crippen molar-refractivity contribution in [2.45, 2.75) is 6.36 Å². The number of anilines is 2. The van der Waals surface area contributed by atoms with Crippen LogP contribution in [0, 0.1) is 0 Å². The van der Waals surface area contributed by atoms with E-state index in [1.54, 1.807) is 30.3 Å². The van der Waals surface area contributed by atoms with Crippen LogP contribution in [-0.2, 0) is 0 Å². The van der Waals surface area contributed by atoms with Crippen LogP contribution in [0.2, 0.25) is 0 Å². The topological polar surface area (TPSA) is 109 Å². The van der Waals surface area contributed by atoms with E-state index in [0.29, 0.717) is 16.9 Å². The fourth-order valence-corrected chi connectivity index (χ4v) is 2.09. The lowest BCUT2D eigenvalue weighted by molar-refractivity contribution is -0.274. The maximum Gasteiger partial charge on any atom is 0.573 e. The Kier molecular flexibility index (Phi) is 6.26. The van der Waals surface area contributed by atoms with Crippen molar-refractivity contribution in [3.05, 3.63) is 54.1 Å². The molecule has 0 fully saturated rings. The second kappa shape index (κ2) is 8.41. The van der Waals surface area contributed by atoms with Crippen molar-refractivity contribution in [2.75, 3.05) is 18.5 Å². The molecule has 0 saturated heterocycles. The summed E-state index contributed by atoms with van der Waals surface area (Å²) in [6.45, 7) is -0.105. The number of hydrogen-bond donors (Lipinski definition) is 4. The number of nitrogens with one attached hydrogen (secondary N) is 1. The van der Waals surface area contributed by atoms with Crippen LogP contribution in [0.25, 0.3) is 0 Å². The number of rotatable bonds is 7. The Morgan fingerprint density at radius 3 is 2.62 bits per heavy atom. The number of aliphatic hydroxyl groups is 1. The number of halogens is 3. The number of hydrazine groups is 1. The Bertz CT molecular complexity index is 768. The van der Waals surface area contributed by atoms with Crippen molar-refractivity contribution in [2.24, 2.45) is 16.7 Å². The first-order chi connectivity index (χ1) is 12.3. The molecule has 0 spiro atoms. The number of hydrogen-bond acceptors (Lipinski definition) is 6. The molecule has 2 aromatic rings. The zero-order valence-corrected chi connectivity index (χ0v) is 13.6. The summed E-state index contributed by atoms with van der Waals surface area (Å²) >= 11 is 0. The highest BCUT2D eigenvalue weighted by atomic mass is 19.4. The highest BCUT2D eigenvalue weighted by Gasteiger charge is 2.31. The number of amidine groups is 1. The van der Waals surface area contributed by atoms with E-state index in [1.165, 1.54) is 18.2 Å². The van der Waals surface area contributed by atoms with Gasteiger partial charge in [0.1, 0.15) is 5.75 Å². The van der Waals surface area contributed by atoms with Gasteiger partial charge in [0.2, 0.25) is 0 Å². The number of benzene rings is 2. The number of aliphatic hydroxyl groups excluding tert-OH is 1. The number of para-hydroxylation sites is 1. The van der Waals surface area contributed by atoms with E-state index >= 15 is 0 Å². The lowest BCUT2D eigenvalue weighted by Crippen LogP contribution is -2.32.